The van der Waals surface area contributed by atoms with Crippen LogP contribution < -0.4 is 15.5 Å². The number of hydrogen-bond donors (Lipinski definition) is 2. The summed E-state index contributed by atoms with van der Waals surface area (Å²) < 4.78 is 7.01. The molecule has 0 aliphatic carbocycles. The van der Waals surface area contributed by atoms with Crippen molar-refractivity contribution in [3.05, 3.63) is 100 Å². The fraction of sp³-hybridized carbons (Fsp3) is 0.160. The SMILES string of the molecule is COc1cccc(/C=[N+]2\NC(=O)[C@@H](NC(=O)c3ccc(C)cc3)[C@H]2c2ccc(Cl)cc2)c1. The van der Waals surface area contributed by atoms with Gasteiger partial charge in [-0.3, -0.25) is 9.59 Å². The van der Waals surface area contributed by atoms with E-state index in [1.807, 2.05) is 61.7 Å². The number of nitrogens with one attached hydrogen (secondary N) is 2. The van der Waals surface area contributed by atoms with Crippen LogP contribution in [0.15, 0.2) is 72.8 Å². The lowest BCUT2D eigenvalue weighted by molar-refractivity contribution is -0.596. The van der Waals surface area contributed by atoms with Crippen LogP contribution in [0.5, 0.6) is 5.75 Å². The van der Waals surface area contributed by atoms with Crippen molar-refractivity contribution in [1.82, 2.24) is 10.7 Å². The number of hydrazone groups is 1. The van der Waals surface area contributed by atoms with Crippen LogP contribution in [0.4, 0.5) is 0 Å². The van der Waals surface area contributed by atoms with E-state index in [0.29, 0.717) is 16.3 Å². The molecule has 6 nitrogen and oxygen atoms in total. The lowest BCUT2D eigenvalue weighted by atomic mass is 9.99. The van der Waals surface area contributed by atoms with Crippen molar-refractivity contribution < 1.29 is 19.0 Å². The molecule has 1 heterocycles. The fourth-order valence-electron chi connectivity index (χ4n) is 3.65. The van der Waals surface area contributed by atoms with Gasteiger partial charge in [0.2, 0.25) is 12.3 Å². The second-order valence-electron chi connectivity index (χ2n) is 7.60. The second kappa shape index (κ2) is 9.24. The van der Waals surface area contributed by atoms with Gasteiger partial charge < -0.3 is 10.1 Å². The number of ether oxygens (including phenoxy) is 1. The minimum absolute atomic E-state index is 0.301. The third-order valence-electron chi connectivity index (χ3n) is 5.33. The van der Waals surface area contributed by atoms with Crippen LogP contribution in [0.1, 0.15) is 33.1 Å². The Kier molecular flexibility index (Phi) is 6.23. The monoisotopic (exact) mass is 448 g/mol. The highest BCUT2D eigenvalue weighted by Gasteiger charge is 2.47. The summed E-state index contributed by atoms with van der Waals surface area (Å²) in [5, 5.41) is 3.49. The van der Waals surface area contributed by atoms with Gasteiger partial charge >= 0.3 is 5.91 Å². The molecular formula is C25H23ClN3O3+. The Labute approximate surface area is 191 Å². The first-order valence-electron chi connectivity index (χ1n) is 10.2. The Morgan fingerprint density at radius 1 is 1.09 bits per heavy atom. The molecule has 1 fully saturated rings. The van der Waals surface area contributed by atoms with Gasteiger partial charge in [0.25, 0.3) is 5.91 Å². The Balaban J connectivity index is 1.70. The molecule has 0 spiro atoms. The highest BCUT2D eigenvalue weighted by molar-refractivity contribution is 6.30. The quantitative estimate of drug-likeness (QED) is 0.585. The first-order valence-corrected chi connectivity index (χ1v) is 10.5. The maximum atomic E-state index is 12.9. The molecule has 0 aromatic heterocycles. The van der Waals surface area contributed by atoms with E-state index in [4.69, 9.17) is 16.3 Å². The van der Waals surface area contributed by atoms with Crippen LogP contribution in [0, 0.1) is 6.92 Å². The van der Waals surface area contributed by atoms with Gasteiger partial charge in [0.05, 0.1) is 7.11 Å². The molecule has 1 saturated heterocycles. The summed E-state index contributed by atoms with van der Waals surface area (Å²) in [5.74, 6) is 0.0911. The molecule has 1 aliphatic rings. The predicted octanol–water partition coefficient (Wildman–Crippen LogP) is 3.67. The molecule has 7 heteroatoms. The zero-order chi connectivity index (χ0) is 22.7. The Bertz CT molecular complexity index is 1170. The van der Waals surface area contributed by atoms with Crippen molar-refractivity contribution in [3.8, 4) is 5.75 Å². The highest BCUT2D eigenvalue weighted by atomic mass is 35.5. The van der Waals surface area contributed by atoms with Crippen molar-refractivity contribution in [3.63, 3.8) is 0 Å². The molecule has 2 N–H and O–H groups in total. The summed E-state index contributed by atoms with van der Waals surface area (Å²) in [5.41, 5.74) is 6.09. The Morgan fingerprint density at radius 3 is 2.50 bits per heavy atom. The van der Waals surface area contributed by atoms with Crippen LogP contribution in [-0.4, -0.2) is 35.9 Å². The molecule has 3 aromatic carbocycles. The zero-order valence-electron chi connectivity index (χ0n) is 17.7. The van der Waals surface area contributed by atoms with E-state index >= 15 is 0 Å². The van der Waals surface area contributed by atoms with Gasteiger partial charge in [-0.15, -0.1) is 10.1 Å². The van der Waals surface area contributed by atoms with E-state index in [1.165, 1.54) is 0 Å². The number of carbonyl (C=O) groups excluding carboxylic acids is 2. The molecule has 0 unspecified atom stereocenters. The van der Waals surface area contributed by atoms with Gasteiger partial charge in [0.15, 0.2) is 6.04 Å². The predicted molar refractivity (Wildman–Crippen MR) is 123 cm³/mol. The topological polar surface area (TPSA) is 70.4 Å². The summed E-state index contributed by atoms with van der Waals surface area (Å²) in [6, 6.07) is 20.7. The number of benzene rings is 3. The van der Waals surface area contributed by atoms with Crippen LogP contribution >= 0.6 is 11.6 Å². The molecule has 0 saturated carbocycles. The first kappa shape index (κ1) is 21.6. The lowest BCUT2D eigenvalue weighted by Gasteiger charge is -2.15. The van der Waals surface area contributed by atoms with E-state index in [2.05, 4.69) is 10.7 Å². The van der Waals surface area contributed by atoms with Crippen molar-refractivity contribution in [2.45, 2.75) is 19.0 Å². The third-order valence-corrected chi connectivity index (χ3v) is 5.58. The number of aryl methyl sites for hydroxylation is 1. The summed E-state index contributed by atoms with van der Waals surface area (Å²) in [7, 11) is 1.60. The third kappa shape index (κ3) is 4.65. The van der Waals surface area contributed by atoms with Crippen molar-refractivity contribution in [2.75, 3.05) is 7.11 Å². The average molecular weight is 449 g/mol. The summed E-state index contributed by atoms with van der Waals surface area (Å²) in [6.07, 6.45) is 1.82. The van der Waals surface area contributed by atoms with Gasteiger partial charge in [0, 0.05) is 21.7 Å². The molecule has 1 aliphatic heterocycles. The number of amides is 2. The summed E-state index contributed by atoms with van der Waals surface area (Å²) in [6.45, 7) is 1.95. The first-order chi connectivity index (χ1) is 15.4. The van der Waals surface area contributed by atoms with Gasteiger partial charge in [-0.1, -0.05) is 47.5 Å². The largest absolute Gasteiger partial charge is 0.497 e. The summed E-state index contributed by atoms with van der Waals surface area (Å²) >= 11 is 6.07. The molecule has 4 rings (SSSR count). The minimum Gasteiger partial charge on any atom is -0.497 e. The van der Waals surface area contributed by atoms with Crippen LogP contribution in [0.2, 0.25) is 5.02 Å². The van der Waals surface area contributed by atoms with Gasteiger partial charge in [-0.05, 0) is 49.4 Å². The van der Waals surface area contributed by atoms with Gasteiger partial charge in [0.1, 0.15) is 5.75 Å². The molecule has 0 radical (unpaired) electrons. The van der Waals surface area contributed by atoms with Gasteiger partial charge in [-0.2, -0.15) is 0 Å². The number of methoxy groups -OCH3 is 1. The number of hydrogen-bond acceptors (Lipinski definition) is 3. The minimum atomic E-state index is -0.799. The number of nitrogens with zero attached hydrogens (tertiary/aromatic N) is 1. The van der Waals surface area contributed by atoms with E-state index in [9.17, 15) is 9.59 Å². The summed E-state index contributed by atoms with van der Waals surface area (Å²) in [4.78, 5) is 25.8. The Morgan fingerprint density at radius 2 is 1.81 bits per heavy atom. The fourth-order valence-corrected chi connectivity index (χ4v) is 3.78. The van der Waals surface area contributed by atoms with Crippen LogP contribution in [0.3, 0.4) is 0 Å². The number of halogens is 1. The average Bonchev–Trinajstić information content (AvgIpc) is 3.09. The number of hydrazine groups is 1. The molecular weight excluding hydrogens is 426 g/mol. The van der Waals surface area contributed by atoms with E-state index in [-0.39, 0.29) is 11.8 Å². The smallest absolute Gasteiger partial charge is 0.304 e. The second-order valence-corrected chi connectivity index (χ2v) is 8.04. The molecule has 3 aromatic rings. The lowest BCUT2D eigenvalue weighted by Crippen LogP contribution is -2.42. The standard InChI is InChI=1S/C25H22ClN3O3/c1-16-6-8-19(9-7-16)24(30)27-22-23(18-10-12-20(26)13-11-18)29(28-25(22)31)15-17-4-3-5-21(14-17)32-2/h3-15,22-23H,1-2H3,(H-,27,28,30,31)/p+1/b29-15-/t22-,23+/m0/s1. The van der Waals surface area contributed by atoms with Crippen molar-refractivity contribution >= 4 is 29.6 Å². The van der Waals surface area contributed by atoms with E-state index in [0.717, 1.165) is 16.7 Å². The molecule has 2 atom stereocenters. The van der Waals surface area contributed by atoms with E-state index < -0.39 is 12.1 Å². The van der Waals surface area contributed by atoms with E-state index in [1.54, 1.807) is 36.1 Å². The van der Waals surface area contributed by atoms with Crippen molar-refractivity contribution in [1.29, 1.82) is 0 Å². The normalized spacial score (nSPS) is 19.0. The number of rotatable bonds is 5. The molecule has 32 heavy (non-hydrogen) atoms. The zero-order valence-corrected chi connectivity index (χ0v) is 18.5. The highest BCUT2D eigenvalue weighted by Crippen LogP contribution is 2.27. The molecule has 162 valence electrons. The van der Waals surface area contributed by atoms with Crippen LogP contribution in [-0.2, 0) is 4.79 Å². The van der Waals surface area contributed by atoms with Crippen LogP contribution in [0.25, 0.3) is 0 Å². The maximum absolute atomic E-state index is 12.9. The van der Waals surface area contributed by atoms with Crippen molar-refractivity contribution in [2.24, 2.45) is 0 Å². The Hall–Kier alpha value is -3.64. The molecule has 2 amide bonds. The maximum Gasteiger partial charge on any atom is 0.304 e. The molecule has 0 bridgehead atoms. The number of carbonyl (C=O) groups is 2. The van der Waals surface area contributed by atoms with Gasteiger partial charge in [-0.25, -0.2) is 0 Å².